The first-order chi connectivity index (χ1) is 5.95. The molecule has 1 N–H and O–H groups in total. The molecule has 0 aromatic carbocycles. The number of aliphatic hydroxyl groups is 1. The second kappa shape index (κ2) is 23.6. The van der Waals surface area contributed by atoms with Gasteiger partial charge in [-0.1, -0.05) is 0 Å². The number of thiol groups is 2. The molecule has 0 aromatic rings. The SMILES string of the molecule is CCO.O=C([O-])CS.O=C([O-])CS.[Ca+2]. The molecule has 0 atom stereocenters. The number of carbonyl (C=O) groups is 2. The summed E-state index contributed by atoms with van der Waals surface area (Å²) in [6.07, 6.45) is 0. The van der Waals surface area contributed by atoms with Crippen LogP contribution in [-0.4, -0.2) is 72.9 Å². The van der Waals surface area contributed by atoms with Crippen molar-refractivity contribution in [3.05, 3.63) is 0 Å². The standard InChI is InChI=1S/2C2H4O2S.C2H6O.Ca/c2*3-2(4)1-5;1-2-3;/h2*5H,1H2,(H,3,4);3H,2H2,1H3;/q;;;+2/p-2. The number of hydrogen-bond acceptors (Lipinski definition) is 7. The fourth-order valence-corrected chi connectivity index (χ4v) is 0. The van der Waals surface area contributed by atoms with Crippen LogP contribution in [0.5, 0.6) is 0 Å². The zero-order valence-corrected chi connectivity index (χ0v) is 11.8. The van der Waals surface area contributed by atoms with Crippen molar-refractivity contribution in [3.63, 3.8) is 0 Å². The second-order valence-electron chi connectivity index (χ2n) is 1.38. The molecule has 0 aromatic heterocycles. The molecule has 8 heteroatoms. The number of aliphatic hydroxyl groups excluding tert-OH is 1. The Bertz CT molecular complexity index is 119. The zero-order chi connectivity index (χ0) is 11.3. The third-order valence-electron chi connectivity index (χ3n) is 0.258. The van der Waals surface area contributed by atoms with Gasteiger partial charge in [-0.2, -0.15) is 25.3 Å². The zero-order valence-electron chi connectivity index (χ0n) is 7.80. The van der Waals surface area contributed by atoms with Gasteiger partial charge in [-0.05, 0) is 6.92 Å². The van der Waals surface area contributed by atoms with Crippen LogP contribution < -0.4 is 10.2 Å². The Morgan fingerprint density at radius 3 is 1.21 bits per heavy atom. The summed E-state index contributed by atoms with van der Waals surface area (Å²) in [6.45, 7) is 1.93. The van der Waals surface area contributed by atoms with Crippen LogP contribution in [0.2, 0.25) is 0 Å². The Hall–Kier alpha value is 0.860. The largest absolute Gasteiger partial charge is 2.00 e. The maximum atomic E-state index is 9.18. The number of carbonyl (C=O) groups excluding carboxylic acids is 2. The third kappa shape index (κ3) is 76.6. The fraction of sp³-hybridized carbons (Fsp3) is 0.667. The van der Waals surface area contributed by atoms with E-state index in [-0.39, 0.29) is 55.9 Å². The van der Waals surface area contributed by atoms with E-state index in [2.05, 4.69) is 25.3 Å². The molecule has 0 spiro atoms. The molecule has 5 nitrogen and oxygen atoms in total. The summed E-state index contributed by atoms with van der Waals surface area (Å²) in [6, 6.07) is 0. The first-order valence-corrected chi connectivity index (χ1v) is 4.44. The fourth-order valence-electron chi connectivity index (χ4n) is 0. The molecule has 0 bridgehead atoms. The molecule has 0 aliphatic heterocycles. The van der Waals surface area contributed by atoms with Crippen LogP contribution in [-0.2, 0) is 9.59 Å². The topological polar surface area (TPSA) is 100 Å². The van der Waals surface area contributed by atoms with Crippen molar-refractivity contribution in [3.8, 4) is 0 Å². The van der Waals surface area contributed by atoms with Crippen molar-refractivity contribution < 1.29 is 24.9 Å². The minimum absolute atomic E-state index is 0. The van der Waals surface area contributed by atoms with E-state index in [4.69, 9.17) is 5.11 Å². The van der Waals surface area contributed by atoms with Gasteiger partial charge in [0.05, 0.1) is 11.9 Å². The van der Waals surface area contributed by atoms with Gasteiger partial charge in [0.1, 0.15) is 0 Å². The van der Waals surface area contributed by atoms with E-state index in [1.807, 2.05) is 0 Å². The minimum atomic E-state index is -1.13. The molecule has 80 valence electrons. The maximum absolute atomic E-state index is 9.18. The summed E-state index contributed by atoms with van der Waals surface area (Å²) < 4.78 is 0. The first kappa shape index (κ1) is 24.2. The van der Waals surface area contributed by atoms with Gasteiger partial charge in [-0.25, -0.2) is 0 Å². The predicted octanol–water partition coefficient (Wildman–Crippen LogP) is -3.05. The van der Waals surface area contributed by atoms with Gasteiger partial charge in [0.25, 0.3) is 0 Å². The average molecular weight is 268 g/mol. The minimum Gasteiger partial charge on any atom is -0.549 e. The molecule has 0 saturated heterocycles. The van der Waals surface area contributed by atoms with E-state index >= 15 is 0 Å². The van der Waals surface area contributed by atoms with E-state index < -0.39 is 11.9 Å². The van der Waals surface area contributed by atoms with Gasteiger partial charge >= 0.3 is 37.7 Å². The summed E-state index contributed by atoms with van der Waals surface area (Å²) in [5.74, 6) is -2.65. The van der Waals surface area contributed by atoms with Crippen LogP contribution in [0.4, 0.5) is 0 Å². The van der Waals surface area contributed by atoms with Crippen LogP contribution >= 0.6 is 25.3 Å². The Morgan fingerprint density at radius 1 is 1.14 bits per heavy atom. The molecule has 0 fully saturated rings. The molecule has 0 heterocycles. The van der Waals surface area contributed by atoms with E-state index in [1.54, 1.807) is 6.92 Å². The number of carboxylic acids is 2. The van der Waals surface area contributed by atoms with Crippen LogP contribution in [0, 0.1) is 0 Å². The van der Waals surface area contributed by atoms with E-state index in [1.165, 1.54) is 0 Å². The Kier molecular flexibility index (Phi) is 40.8. The molecular weight excluding hydrogens is 256 g/mol. The predicted molar refractivity (Wildman–Crippen MR) is 56.2 cm³/mol. The molecule has 14 heavy (non-hydrogen) atoms. The normalized spacial score (nSPS) is 6.57. The van der Waals surface area contributed by atoms with Crippen molar-refractivity contribution in [1.29, 1.82) is 0 Å². The molecule has 0 aliphatic carbocycles. The quantitative estimate of drug-likeness (QED) is 0.365. The summed E-state index contributed by atoms with van der Waals surface area (Å²) in [7, 11) is 0. The van der Waals surface area contributed by atoms with Crippen molar-refractivity contribution in [2.75, 3.05) is 18.1 Å². The van der Waals surface area contributed by atoms with Crippen LogP contribution in [0.15, 0.2) is 0 Å². The van der Waals surface area contributed by atoms with Crippen molar-refractivity contribution in [2.45, 2.75) is 6.92 Å². The Balaban J connectivity index is -0.0000000535. The number of rotatable bonds is 2. The summed E-state index contributed by atoms with van der Waals surface area (Å²) in [4.78, 5) is 18.4. The van der Waals surface area contributed by atoms with Gasteiger partial charge in [-0.3, -0.25) is 0 Å². The Morgan fingerprint density at radius 2 is 1.21 bits per heavy atom. The molecule has 0 saturated carbocycles. The van der Waals surface area contributed by atoms with Gasteiger partial charge in [-0.15, -0.1) is 0 Å². The smallest absolute Gasteiger partial charge is 0.549 e. The monoisotopic (exact) mass is 268 g/mol. The van der Waals surface area contributed by atoms with Crippen molar-refractivity contribution >= 4 is 74.9 Å². The summed E-state index contributed by atoms with van der Waals surface area (Å²) in [5.41, 5.74) is 0. The molecule has 0 amide bonds. The maximum Gasteiger partial charge on any atom is 2.00 e. The second-order valence-corrected chi connectivity index (χ2v) is 2.01. The van der Waals surface area contributed by atoms with Crippen molar-refractivity contribution in [2.24, 2.45) is 0 Å². The van der Waals surface area contributed by atoms with Crippen LogP contribution in [0.3, 0.4) is 0 Å². The van der Waals surface area contributed by atoms with Crippen LogP contribution in [0.25, 0.3) is 0 Å². The third-order valence-corrected chi connectivity index (χ3v) is 0.775. The number of hydrogen-bond donors (Lipinski definition) is 3. The average Bonchev–Trinajstić information content (AvgIpc) is 2.07. The molecule has 0 aliphatic rings. The first-order valence-electron chi connectivity index (χ1n) is 3.18. The molecule has 0 unspecified atom stereocenters. The molecule has 0 radical (unpaired) electrons. The van der Waals surface area contributed by atoms with E-state index in [9.17, 15) is 19.8 Å². The summed E-state index contributed by atoms with van der Waals surface area (Å²) in [5, 5.41) is 25.9. The number of carboxylic acid groups (broad SMARTS) is 2. The van der Waals surface area contributed by atoms with Crippen LogP contribution in [0.1, 0.15) is 6.92 Å². The summed E-state index contributed by atoms with van der Waals surface area (Å²) >= 11 is 6.71. The van der Waals surface area contributed by atoms with Gasteiger partial charge in [0.2, 0.25) is 0 Å². The van der Waals surface area contributed by atoms with Gasteiger partial charge in [0.15, 0.2) is 0 Å². The molecule has 0 rings (SSSR count). The van der Waals surface area contributed by atoms with E-state index in [0.717, 1.165) is 0 Å². The Labute approximate surface area is 124 Å². The van der Waals surface area contributed by atoms with E-state index in [0.29, 0.717) is 0 Å². The number of aliphatic carboxylic acids is 2. The van der Waals surface area contributed by atoms with Crippen molar-refractivity contribution in [1.82, 2.24) is 0 Å². The van der Waals surface area contributed by atoms with Gasteiger partial charge in [0, 0.05) is 18.1 Å². The molecular formula is C6H12CaO5S2. The van der Waals surface area contributed by atoms with Gasteiger partial charge < -0.3 is 24.9 Å².